The summed E-state index contributed by atoms with van der Waals surface area (Å²) < 4.78 is 0. The number of carbonyl (C=O) groups excluding carboxylic acids is 1. The number of ketones is 1. The van der Waals surface area contributed by atoms with Crippen molar-refractivity contribution in [2.75, 3.05) is 6.61 Å². The lowest BCUT2D eigenvalue weighted by Gasteiger charge is -2.19. The van der Waals surface area contributed by atoms with Crippen molar-refractivity contribution in [1.29, 1.82) is 0 Å². The van der Waals surface area contributed by atoms with Crippen LogP contribution in [0.4, 0.5) is 0 Å². The Labute approximate surface area is 154 Å². The van der Waals surface area contributed by atoms with Gasteiger partial charge in [-0.2, -0.15) is 0 Å². The van der Waals surface area contributed by atoms with Gasteiger partial charge in [0.05, 0.1) is 6.04 Å². The molecule has 0 aliphatic heterocycles. The van der Waals surface area contributed by atoms with E-state index in [0.29, 0.717) is 5.56 Å². The van der Waals surface area contributed by atoms with Gasteiger partial charge in [-0.05, 0) is 23.1 Å². The Morgan fingerprint density at radius 3 is 1.69 bits per heavy atom. The molecular weight excluding hydrogens is 322 g/mol. The molecule has 0 fully saturated rings. The molecule has 0 aliphatic rings. The van der Waals surface area contributed by atoms with Gasteiger partial charge in [-0.1, -0.05) is 84.9 Å². The molecule has 3 heteroatoms. The Morgan fingerprint density at radius 1 is 0.769 bits per heavy atom. The first kappa shape index (κ1) is 18.1. The number of aliphatic hydroxyl groups excluding tert-OH is 1. The summed E-state index contributed by atoms with van der Waals surface area (Å²) >= 11 is 0. The summed E-state index contributed by atoms with van der Waals surface area (Å²) in [5, 5.41) is 8.97. The standard InChI is InChI=1S/C23H23NO2/c24-21(15-16-25)23(26)20-13-11-19(12-14-20)22(17-7-3-1-4-8-17)18-9-5-2-6-10-18/h1-14,21-22,25H,15-16,24H2/t21-/m0/s1. The zero-order valence-electron chi connectivity index (χ0n) is 14.6. The third kappa shape index (κ3) is 4.07. The van der Waals surface area contributed by atoms with E-state index in [-0.39, 0.29) is 24.7 Å². The second-order valence-electron chi connectivity index (χ2n) is 6.36. The molecule has 0 amide bonds. The van der Waals surface area contributed by atoms with Crippen LogP contribution in [0.5, 0.6) is 0 Å². The molecule has 26 heavy (non-hydrogen) atoms. The maximum Gasteiger partial charge on any atom is 0.179 e. The molecule has 3 nitrogen and oxygen atoms in total. The molecule has 3 N–H and O–H groups in total. The normalized spacial score (nSPS) is 12.1. The summed E-state index contributed by atoms with van der Waals surface area (Å²) in [6, 6.07) is 27.6. The van der Waals surface area contributed by atoms with Crippen LogP contribution in [0.25, 0.3) is 0 Å². The van der Waals surface area contributed by atoms with Crippen LogP contribution in [-0.2, 0) is 0 Å². The minimum atomic E-state index is -0.662. The van der Waals surface area contributed by atoms with E-state index in [9.17, 15) is 4.79 Å². The second kappa shape index (κ2) is 8.56. The highest BCUT2D eigenvalue weighted by molar-refractivity contribution is 6.00. The number of aliphatic hydroxyl groups is 1. The van der Waals surface area contributed by atoms with E-state index >= 15 is 0 Å². The first-order chi connectivity index (χ1) is 12.7. The summed E-state index contributed by atoms with van der Waals surface area (Å²) in [5.74, 6) is -0.0331. The minimum Gasteiger partial charge on any atom is -0.396 e. The van der Waals surface area contributed by atoms with E-state index in [1.807, 2.05) is 60.7 Å². The van der Waals surface area contributed by atoms with E-state index in [1.54, 1.807) is 0 Å². The van der Waals surface area contributed by atoms with E-state index in [2.05, 4.69) is 24.3 Å². The fraction of sp³-hybridized carbons (Fsp3) is 0.174. The highest BCUT2D eigenvalue weighted by atomic mass is 16.3. The molecule has 0 spiro atoms. The number of rotatable bonds is 7. The van der Waals surface area contributed by atoms with Gasteiger partial charge in [0.15, 0.2) is 5.78 Å². The molecule has 0 saturated heterocycles. The number of Topliss-reactive ketones (excluding diaryl/α,β-unsaturated/α-hetero) is 1. The molecule has 0 unspecified atom stereocenters. The van der Waals surface area contributed by atoms with E-state index < -0.39 is 6.04 Å². The Balaban J connectivity index is 1.94. The molecule has 3 aromatic carbocycles. The van der Waals surface area contributed by atoms with Gasteiger partial charge < -0.3 is 10.8 Å². The number of benzene rings is 3. The highest BCUT2D eigenvalue weighted by Gasteiger charge is 2.18. The average molecular weight is 345 g/mol. The maximum atomic E-state index is 12.3. The SMILES string of the molecule is N[C@@H](CCO)C(=O)c1ccc(C(c2ccccc2)c2ccccc2)cc1. The predicted octanol–water partition coefficient (Wildman–Crippen LogP) is 3.76. The largest absolute Gasteiger partial charge is 0.396 e. The molecule has 1 atom stereocenters. The van der Waals surface area contributed by atoms with Gasteiger partial charge in [0, 0.05) is 18.1 Å². The predicted molar refractivity (Wildman–Crippen MR) is 104 cm³/mol. The molecule has 0 bridgehead atoms. The van der Waals surface area contributed by atoms with Crippen LogP contribution < -0.4 is 5.73 Å². The molecule has 0 heterocycles. The third-order valence-corrected chi connectivity index (χ3v) is 4.57. The second-order valence-corrected chi connectivity index (χ2v) is 6.36. The van der Waals surface area contributed by atoms with Gasteiger partial charge in [0.2, 0.25) is 0 Å². The number of nitrogens with two attached hydrogens (primary N) is 1. The average Bonchev–Trinajstić information content (AvgIpc) is 2.70. The Bertz CT molecular complexity index is 790. The molecule has 132 valence electrons. The van der Waals surface area contributed by atoms with Crippen LogP contribution in [0, 0.1) is 0 Å². The number of hydrogen-bond acceptors (Lipinski definition) is 3. The van der Waals surface area contributed by atoms with Crippen molar-refractivity contribution in [2.24, 2.45) is 5.73 Å². The van der Waals surface area contributed by atoms with Crippen LogP contribution in [0.3, 0.4) is 0 Å². The van der Waals surface area contributed by atoms with Crippen molar-refractivity contribution >= 4 is 5.78 Å². The fourth-order valence-corrected chi connectivity index (χ4v) is 3.19. The number of hydrogen-bond donors (Lipinski definition) is 2. The summed E-state index contributed by atoms with van der Waals surface area (Å²) in [7, 11) is 0. The smallest absolute Gasteiger partial charge is 0.179 e. The highest BCUT2D eigenvalue weighted by Crippen LogP contribution is 2.31. The molecule has 3 rings (SSSR count). The third-order valence-electron chi connectivity index (χ3n) is 4.57. The summed E-state index contributed by atoms with van der Waals surface area (Å²) in [6.45, 7) is -0.0882. The Morgan fingerprint density at radius 2 is 1.23 bits per heavy atom. The molecule has 0 radical (unpaired) electrons. The summed E-state index contributed by atoms with van der Waals surface area (Å²) in [6.07, 6.45) is 0.275. The first-order valence-electron chi connectivity index (χ1n) is 8.81. The first-order valence-corrected chi connectivity index (χ1v) is 8.81. The van der Waals surface area contributed by atoms with Crippen LogP contribution in [0.1, 0.15) is 39.4 Å². The lowest BCUT2D eigenvalue weighted by Crippen LogP contribution is -2.31. The quantitative estimate of drug-likeness (QED) is 0.506. The lowest BCUT2D eigenvalue weighted by atomic mass is 9.84. The maximum absolute atomic E-state index is 12.3. The minimum absolute atomic E-state index is 0.0882. The Hall–Kier alpha value is -2.75. The van der Waals surface area contributed by atoms with E-state index in [0.717, 1.165) is 5.56 Å². The van der Waals surface area contributed by atoms with Crippen LogP contribution in [-0.4, -0.2) is 23.5 Å². The van der Waals surface area contributed by atoms with Crippen LogP contribution in [0.2, 0.25) is 0 Å². The monoisotopic (exact) mass is 345 g/mol. The van der Waals surface area contributed by atoms with Crippen molar-refractivity contribution in [2.45, 2.75) is 18.4 Å². The molecule has 0 saturated carbocycles. The van der Waals surface area contributed by atoms with Crippen LogP contribution >= 0.6 is 0 Å². The fourth-order valence-electron chi connectivity index (χ4n) is 3.19. The van der Waals surface area contributed by atoms with Crippen LogP contribution in [0.15, 0.2) is 84.9 Å². The molecule has 0 aromatic heterocycles. The van der Waals surface area contributed by atoms with Gasteiger partial charge in [-0.25, -0.2) is 0 Å². The molecule has 0 aliphatic carbocycles. The van der Waals surface area contributed by atoms with Gasteiger partial charge >= 0.3 is 0 Å². The van der Waals surface area contributed by atoms with Gasteiger partial charge in [0.1, 0.15) is 0 Å². The van der Waals surface area contributed by atoms with E-state index in [4.69, 9.17) is 10.8 Å². The van der Waals surface area contributed by atoms with Crippen molar-refractivity contribution < 1.29 is 9.90 Å². The zero-order valence-corrected chi connectivity index (χ0v) is 14.6. The van der Waals surface area contributed by atoms with Gasteiger partial charge in [-0.3, -0.25) is 4.79 Å². The summed E-state index contributed by atoms with van der Waals surface area (Å²) in [5.41, 5.74) is 9.94. The molecule has 3 aromatic rings. The van der Waals surface area contributed by atoms with Crippen molar-refractivity contribution in [3.63, 3.8) is 0 Å². The van der Waals surface area contributed by atoms with E-state index in [1.165, 1.54) is 11.1 Å². The Kier molecular flexibility index (Phi) is 5.95. The lowest BCUT2D eigenvalue weighted by molar-refractivity contribution is 0.0945. The van der Waals surface area contributed by atoms with Gasteiger partial charge in [0.25, 0.3) is 0 Å². The summed E-state index contributed by atoms with van der Waals surface area (Å²) in [4.78, 5) is 12.3. The van der Waals surface area contributed by atoms with Crippen molar-refractivity contribution in [3.8, 4) is 0 Å². The number of carbonyl (C=O) groups is 1. The molecular formula is C23H23NO2. The van der Waals surface area contributed by atoms with Crippen molar-refractivity contribution in [3.05, 3.63) is 107 Å². The zero-order chi connectivity index (χ0) is 18.4. The van der Waals surface area contributed by atoms with Gasteiger partial charge in [-0.15, -0.1) is 0 Å². The van der Waals surface area contributed by atoms with Crippen molar-refractivity contribution in [1.82, 2.24) is 0 Å². The topological polar surface area (TPSA) is 63.3 Å².